The van der Waals surface area contributed by atoms with Gasteiger partial charge in [0.05, 0.1) is 19.3 Å². The zero-order valence-corrected chi connectivity index (χ0v) is 15.3. The topological polar surface area (TPSA) is 70.7 Å². The molecule has 6 nitrogen and oxygen atoms in total. The fourth-order valence-corrected chi connectivity index (χ4v) is 3.65. The van der Waals surface area contributed by atoms with Gasteiger partial charge in [-0.05, 0) is 28.0 Å². The highest BCUT2D eigenvalue weighted by molar-refractivity contribution is 7.07. The van der Waals surface area contributed by atoms with Crippen LogP contribution in [0.5, 0.6) is 0 Å². The first-order valence-corrected chi connectivity index (χ1v) is 9.62. The van der Waals surface area contributed by atoms with Gasteiger partial charge in [0.1, 0.15) is 0 Å². The van der Waals surface area contributed by atoms with Crippen molar-refractivity contribution < 1.29 is 14.3 Å². The maximum absolute atomic E-state index is 12.2. The summed E-state index contributed by atoms with van der Waals surface area (Å²) in [6.07, 6.45) is 0. The van der Waals surface area contributed by atoms with Crippen molar-refractivity contribution in [1.29, 1.82) is 0 Å². The molecule has 26 heavy (non-hydrogen) atoms. The van der Waals surface area contributed by atoms with Crippen LogP contribution in [0.2, 0.25) is 0 Å². The van der Waals surface area contributed by atoms with Crippen molar-refractivity contribution in [2.45, 2.75) is 12.6 Å². The summed E-state index contributed by atoms with van der Waals surface area (Å²) in [6, 6.07) is 11.6. The molecular formula is C19H23N3O3S. The van der Waals surface area contributed by atoms with Gasteiger partial charge < -0.3 is 15.4 Å². The molecule has 2 heterocycles. The number of nitrogens with one attached hydrogen (secondary N) is 2. The van der Waals surface area contributed by atoms with Gasteiger partial charge in [-0.2, -0.15) is 11.3 Å². The summed E-state index contributed by atoms with van der Waals surface area (Å²) in [5.74, 6) is -1.21. The van der Waals surface area contributed by atoms with E-state index in [2.05, 4.69) is 27.0 Å². The number of hydrogen-bond donors (Lipinski definition) is 2. The summed E-state index contributed by atoms with van der Waals surface area (Å²) in [6.45, 7) is 3.74. The zero-order chi connectivity index (χ0) is 18.2. The van der Waals surface area contributed by atoms with Gasteiger partial charge in [0.15, 0.2) is 0 Å². The molecule has 0 saturated carbocycles. The highest BCUT2D eigenvalue weighted by Gasteiger charge is 2.24. The van der Waals surface area contributed by atoms with Crippen LogP contribution in [0, 0.1) is 0 Å². The number of amides is 2. The number of morpholine rings is 1. The minimum absolute atomic E-state index is 0.0519. The summed E-state index contributed by atoms with van der Waals surface area (Å²) < 4.78 is 5.41. The predicted octanol–water partition coefficient (Wildman–Crippen LogP) is 1.55. The molecule has 0 aliphatic carbocycles. The SMILES string of the molecule is O=C(NCc1ccccc1)C(=O)NC[C@H](c1ccsc1)N1CCOCC1. The summed E-state index contributed by atoms with van der Waals surface area (Å²) >= 11 is 1.63. The van der Waals surface area contributed by atoms with Crippen LogP contribution >= 0.6 is 11.3 Å². The number of carbonyl (C=O) groups is 2. The Labute approximate surface area is 157 Å². The van der Waals surface area contributed by atoms with E-state index >= 15 is 0 Å². The van der Waals surface area contributed by atoms with E-state index in [0.717, 1.165) is 24.2 Å². The summed E-state index contributed by atoms with van der Waals surface area (Å²) in [4.78, 5) is 26.5. The number of carbonyl (C=O) groups excluding carboxylic acids is 2. The molecule has 2 aromatic rings. The quantitative estimate of drug-likeness (QED) is 0.754. The van der Waals surface area contributed by atoms with Crippen LogP contribution in [0.4, 0.5) is 0 Å². The Morgan fingerprint density at radius 3 is 2.50 bits per heavy atom. The van der Waals surface area contributed by atoms with E-state index in [9.17, 15) is 9.59 Å². The van der Waals surface area contributed by atoms with E-state index < -0.39 is 11.8 Å². The van der Waals surface area contributed by atoms with E-state index in [1.54, 1.807) is 11.3 Å². The maximum Gasteiger partial charge on any atom is 0.309 e. The second-order valence-corrected chi connectivity index (χ2v) is 6.88. The third-order valence-electron chi connectivity index (χ3n) is 4.37. The van der Waals surface area contributed by atoms with E-state index in [0.29, 0.717) is 26.3 Å². The fourth-order valence-electron chi connectivity index (χ4n) is 2.94. The molecule has 0 unspecified atom stereocenters. The van der Waals surface area contributed by atoms with E-state index in [4.69, 9.17) is 4.74 Å². The molecule has 2 N–H and O–H groups in total. The van der Waals surface area contributed by atoms with Crippen LogP contribution in [0.1, 0.15) is 17.2 Å². The van der Waals surface area contributed by atoms with Gasteiger partial charge in [-0.15, -0.1) is 0 Å². The normalized spacial score (nSPS) is 16.0. The van der Waals surface area contributed by atoms with Crippen LogP contribution in [0.25, 0.3) is 0 Å². The lowest BCUT2D eigenvalue weighted by Crippen LogP contribution is -2.46. The highest BCUT2D eigenvalue weighted by Crippen LogP contribution is 2.23. The molecule has 1 fully saturated rings. The molecule has 1 atom stereocenters. The lowest BCUT2D eigenvalue weighted by atomic mass is 10.1. The highest BCUT2D eigenvalue weighted by atomic mass is 32.1. The first kappa shape index (κ1) is 18.6. The van der Waals surface area contributed by atoms with Gasteiger partial charge in [-0.1, -0.05) is 30.3 Å². The smallest absolute Gasteiger partial charge is 0.309 e. The third-order valence-corrected chi connectivity index (χ3v) is 5.07. The van der Waals surface area contributed by atoms with Gasteiger partial charge in [0, 0.05) is 26.2 Å². The standard InChI is InChI=1S/C19H23N3O3S/c23-18(20-12-15-4-2-1-3-5-15)19(24)21-13-17(16-6-11-26-14-16)22-7-9-25-10-8-22/h1-6,11,14,17H,7-10,12-13H2,(H,20,23)(H,21,24)/t17-/m1/s1. The maximum atomic E-state index is 12.2. The van der Waals surface area contributed by atoms with Crippen molar-refractivity contribution in [2.24, 2.45) is 0 Å². The number of nitrogens with zero attached hydrogens (tertiary/aromatic N) is 1. The molecule has 1 aromatic carbocycles. The summed E-state index contributed by atoms with van der Waals surface area (Å²) in [7, 11) is 0. The first-order valence-electron chi connectivity index (χ1n) is 8.68. The lowest BCUT2D eigenvalue weighted by Gasteiger charge is -2.34. The Bertz CT molecular complexity index is 700. The Morgan fingerprint density at radius 1 is 1.08 bits per heavy atom. The van der Waals surface area contributed by atoms with Crippen LogP contribution < -0.4 is 10.6 Å². The van der Waals surface area contributed by atoms with Crippen molar-refractivity contribution >= 4 is 23.2 Å². The van der Waals surface area contributed by atoms with Crippen molar-refractivity contribution in [3.63, 3.8) is 0 Å². The Kier molecular flexibility index (Phi) is 6.76. The average molecular weight is 373 g/mol. The van der Waals surface area contributed by atoms with Gasteiger partial charge in [-0.3, -0.25) is 14.5 Å². The van der Waals surface area contributed by atoms with Crippen molar-refractivity contribution in [3.05, 3.63) is 58.3 Å². The number of benzene rings is 1. The van der Waals surface area contributed by atoms with Gasteiger partial charge >= 0.3 is 11.8 Å². The molecule has 1 aromatic heterocycles. The number of rotatable bonds is 6. The molecule has 1 aliphatic rings. The van der Waals surface area contributed by atoms with Crippen LogP contribution in [0.15, 0.2) is 47.2 Å². The molecular weight excluding hydrogens is 350 g/mol. The average Bonchev–Trinajstić information content (AvgIpc) is 3.22. The van der Waals surface area contributed by atoms with Gasteiger partial charge in [-0.25, -0.2) is 0 Å². The monoisotopic (exact) mass is 373 g/mol. The van der Waals surface area contributed by atoms with Crippen molar-refractivity contribution in [2.75, 3.05) is 32.8 Å². The molecule has 0 radical (unpaired) electrons. The Hall–Kier alpha value is -2.22. The van der Waals surface area contributed by atoms with E-state index in [-0.39, 0.29) is 6.04 Å². The zero-order valence-electron chi connectivity index (χ0n) is 14.5. The second kappa shape index (κ2) is 9.47. The molecule has 1 aliphatic heterocycles. The summed E-state index contributed by atoms with van der Waals surface area (Å²) in [5.41, 5.74) is 2.11. The van der Waals surface area contributed by atoms with E-state index in [1.807, 2.05) is 35.7 Å². The number of thiophene rings is 1. The molecule has 138 valence electrons. The minimum atomic E-state index is -0.611. The molecule has 7 heteroatoms. The van der Waals surface area contributed by atoms with Crippen LogP contribution in [-0.2, 0) is 20.9 Å². The lowest BCUT2D eigenvalue weighted by molar-refractivity contribution is -0.139. The number of hydrogen-bond acceptors (Lipinski definition) is 5. The predicted molar refractivity (Wildman–Crippen MR) is 101 cm³/mol. The number of ether oxygens (including phenoxy) is 1. The van der Waals surface area contributed by atoms with Gasteiger partial charge in [0.25, 0.3) is 0 Å². The molecule has 0 spiro atoms. The largest absolute Gasteiger partial charge is 0.379 e. The summed E-state index contributed by atoms with van der Waals surface area (Å²) in [5, 5.41) is 9.54. The van der Waals surface area contributed by atoms with Crippen molar-refractivity contribution in [1.82, 2.24) is 15.5 Å². The molecule has 2 amide bonds. The molecule has 3 rings (SSSR count). The van der Waals surface area contributed by atoms with Crippen LogP contribution in [-0.4, -0.2) is 49.6 Å². The van der Waals surface area contributed by atoms with Gasteiger partial charge in [0.2, 0.25) is 0 Å². The third kappa shape index (κ3) is 5.14. The first-order chi connectivity index (χ1) is 12.7. The fraction of sp³-hybridized carbons (Fsp3) is 0.368. The van der Waals surface area contributed by atoms with E-state index in [1.165, 1.54) is 0 Å². The Morgan fingerprint density at radius 2 is 1.81 bits per heavy atom. The minimum Gasteiger partial charge on any atom is -0.379 e. The molecule has 0 bridgehead atoms. The van der Waals surface area contributed by atoms with Crippen LogP contribution in [0.3, 0.4) is 0 Å². The Balaban J connectivity index is 1.52. The van der Waals surface area contributed by atoms with Crippen molar-refractivity contribution in [3.8, 4) is 0 Å². The second-order valence-electron chi connectivity index (χ2n) is 6.10. The molecule has 1 saturated heterocycles.